The second-order valence-electron chi connectivity index (χ2n) is 22.4. The average molecular weight is 1560 g/mol. The normalized spacial score (nSPS) is 12.9. The maximum Gasteiger partial charge on any atom is 0.449 e. The number of hydrogen-bond donors (Lipinski definition) is 5. The Kier molecular flexibility index (Phi) is 56.3. The van der Waals surface area contributed by atoms with Crippen LogP contribution in [0.3, 0.4) is 0 Å². The van der Waals surface area contributed by atoms with E-state index in [2.05, 4.69) is 118 Å². The van der Waals surface area contributed by atoms with Gasteiger partial charge >= 0.3 is 30.9 Å². The molecule has 0 aliphatic heterocycles. The Morgan fingerprint density at radius 1 is 0.590 bits per heavy atom. The van der Waals surface area contributed by atoms with E-state index in [9.17, 15) is 94.6 Å². The van der Waals surface area contributed by atoms with E-state index in [4.69, 9.17) is 22.6 Å². The lowest BCUT2D eigenvalue weighted by molar-refractivity contribution is -0.189. The van der Waals surface area contributed by atoms with Gasteiger partial charge in [0.1, 0.15) is 12.2 Å². The third kappa shape index (κ3) is 55.8. The Morgan fingerprint density at radius 2 is 0.981 bits per heavy atom. The molecule has 6 N–H and O–H groups in total. The zero-order chi connectivity index (χ0) is 82.7. The van der Waals surface area contributed by atoms with Crippen LogP contribution in [-0.4, -0.2) is 197 Å². The number of aldehydes is 1. The first-order valence-corrected chi connectivity index (χ1v) is 31.4. The fourth-order valence-electron chi connectivity index (χ4n) is 6.09. The molecule has 4 rings (SSSR count). The largest absolute Gasteiger partial charge is 0.449 e. The summed E-state index contributed by atoms with van der Waals surface area (Å²) in [5.74, 6) is -5.97. The van der Waals surface area contributed by atoms with E-state index >= 15 is 0 Å². The molecule has 0 saturated carbocycles. The van der Waals surface area contributed by atoms with Gasteiger partial charge in [-0.25, -0.2) is 20.3 Å². The smallest absolute Gasteiger partial charge is 0.321 e. The molecule has 0 aliphatic rings. The highest BCUT2D eigenvalue weighted by Gasteiger charge is 2.39. The van der Waals surface area contributed by atoms with Crippen LogP contribution in [0.1, 0.15) is 129 Å². The van der Waals surface area contributed by atoms with Crippen molar-refractivity contribution in [1.29, 1.82) is 5.26 Å². The van der Waals surface area contributed by atoms with Gasteiger partial charge < -0.3 is 15.8 Å². The highest BCUT2D eigenvalue weighted by atomic mass is 35.5. The van der Waals surface area contributed by atoms with Crippen molar-refractivity contribution in [3.8, 4) is 6.07 Å². The summed E-state index contributed by atoms with van der Waals surface area (Å²) in [6.45, 7) is 17.4. The molecule has 105 heavy (non-hydrogen) atoms. The zero-order valence-electron chi connectivity index (χ0n) is 61.1. The van der Waals surface area contributed by atoms with Crippen molar-refractivity contribution < 1.29 is 114 Å². The minimum Gasteiger partial charge on any atom is -0.321 e. The van der Waals surface area contributed by atoms with Crippen molar-refractivity contribution in [2.45, 2.75) is 157 Å². The minimum absolute atomic E-state index is 0.0374. The number of H-pyrrole nitrogens is 2. The number of halogens is 16. The summed E-state index contributed by atoms with van der Waals surface area (Å²) in [6, 6.07) is 20.7. The van der Waals surface area contributed by atoms with Crippen LogP contribution in [0.15, 0.2) is 85.0 Å². The van der Waals surface area contributed by atoms with Gasteiger partial charge in [0.15, 0.2) is 11.6 Å². The average Bonchev–Trinajstić information content (AvgIpc) is 1.88. The molecule has 0 aliphatic carbocycles. The third-order valence-electron chi connectivity index (χ3n) is 12.8. The van der Waals surface area contributed by atoms with Crippen molar-refractivity contribution in [2.75, 3.05) is 62.5 Å². The second-order valence-corrected chi connectivity index (χ2v) is 22.7. The van der Waals surface area contributed by atoms with Crippen LogP contribution in [0, 0.1) is 40.9 Å². The van der Waals surface area contributed by atoms with Gasteiger partial charge in [0.25, 0.3) is 17.7 Å². The fraction of sp³-hybridized carbons (Fsp3) is 0.603. The number of ketones is 1. The first-order valence-electron chi connectivity index (χ1n) is 30.9. The molecular weight excluding hydrogens is 1460 g/mol. The standard InChI is InChI=1S/C13H15F3N2.C13H19N5.C7H12F3NO2.C7H10F3NO2.C6H13N5.C5H7F3O.C5H9NO2.C4H8ClNO2.C3H3F3O/c1-10(13(14,15)16)7-12(8-17)18-9-11-5-3-2-4-6-11;1-10(2)8-12(13-15-17-18-16-13)14-9-11-6-4-3-5-7-11;2*1-5(7(8,9)10)4-6(12)11(2)13-3;1-4(2)3-5(7)6-8-10-11-9-6;1-4(2-3-9)5(6,7)8;1-4-5(7)6(2)8-3;1-6(8-2)4(7)3-5;1-2(7)3(4,5)6/h2-6,10,12,18H,7,9H2,1H3;3-7,10,12,14H,8-9H2,1-2H3,(H,15,16,17,18);5H,4H2,1-3H3;4H,1-3H3;4-5H,3,7H2,1-2H3,(H,8,9,10,11);3-4H,2H2,1H3;4H,1H2,2-3H3;3H2,1-2H3;1H3/b;;;5-4+;;;;;. The number of nitriles is 1. The summed E-state index contributed by atoms with van der Waals surface area (Å²) in [7, 11) is 10.7. The number of hydrogen-bond acceptors (Lipinski definition) is 20. The van der Waals surface area contributed by atoms with E-state index in [0.29, 0.717) is 42.3 Å². The number of nitrogens with two attached hydrogens (primary N) is 1. The quantitative estimate of drug-likeness (QED) is 0.0135. The van der Waals surface area contributed by atoms with Crippen molar-refractivity contribution in [1.82, 2.24) is 72.1 Å². The molecule has 2 aromatic heterocycles. The predicted octanol–water partition coefficient (Wildman–Crippen LogP) is 12.0. The molecule has 0 spiro atoms. The number of amides is 4. The highest BCUT2D eigenvalue weighted by Crippen LogP contribution is 2.31. The summed E-state index contributed by atoms with van der Waals surface area (Å²) in [6.07, 6.45) is -19.3. The number of benzene rings is 2. The van der Waals surface area contributed by atoms with Crippen LogP contribution >= 0.6 is 11.6 Å². The Labute approximate surface area is 605 Å². The lowest BCUT2D eigenvalue weighted by Gasteiger charge is -2.19. The topological polar surface area (TPSA) is 335 Å². The first kappa shape index (κ1) is 105. The number of hydroxylamine groups is 8. The maximum atomic E-state index is 12.4. The number of allylic oxidation sites excluding steroid dienone is 1. The number of nitrogens with one attached hydrogen (secondary N) is 4. The maximum absolute atomic E-state index is 12.4. The number of tetrazole rings is 2. The molecule has 0 bridgehead atoms. The van der Waals surface area contributed by atoms with Crippen molar-refractivity contribution >= 4 is 47.3 Å². The number of aromatic nitrogens is 8. The van der Waals surface area contributed by atoms with E-state index < -0.39 is 90.7 Å². The van der Waals surface area contributed by atoms with Gasteiger partial charge in [-0.05, 0) is 55.2 Å². The fourth-order valence-corrected chi connectivity index (χ4v) is 6.26. The molecule has 600 valence electrons. The molecule has 26 nitrogen and oxygen atoms in total. The van der Waals surface area contributed by atoms with Crippen LogP contribution in [0.25, 0.3) is 0 Å². The number of aromatic amines is 2. The molecule has 6 atom stereocenters. The van der Waals surface area contributed by atoms with Crippen LogP contribution in [-0.2, 0) is 61.2 Å². The van der Waals surface area contributed by atoms with Gasteiger partial charge in [-0.2, -0.15) is 81.5 Å². The van der Waals surface area contributed by atoms with Crippen LogP contribution < -0.4 is 16.4 Å². The number of alkyl halides is 16. The zero-order valence-corrected chi connectivity index (χ0v) is 61.9. The van der Waals surface area contributed by atoms with Gasteiger partial charge in [0.2, 0.25) is 11.7 Å². The van der Waals surface area contributed by atoms with Gasteiger partial charge in [0, 0.05) is 72.7 Å². The van der Waals surface area contributed by atoms with Crippen molar-refractivity contribution in [3.63, 3.8) is 0 Å². The van der Waals surface area contributed by atoms with E-state index in [1.54, 1.807) is 0 Å². The molecule has 6 unspecified atom stereocenters. The van der Waals surface area contributed by atoms with Crippen LogP contribution in [0.4, 0.5) is 65.9 Å². The highest BCUT2D eigenvalue weighted by molar-refractivity contribution is 6.27. The van der Waals surface area contributed by atoms with E-state index in [1.807, 2.05) is 54.6 Å². The number of nitrogens with zero attached hydrogens (tertiary/aromatic N) is 11. The number of carbonyl (C=O) groups is 6. The summed E-state index contributed by atoms with van der Waals surface area (Å²) < 4.78 is 176. The third-order valence-corrected chi connectivity index (χ3v) is 13.1. The summed E-state index contributed by atoms with van der Waals surface area (Å²) >= 11 is 5.15. The summed E-state index contributed by atoms with van der Waals surface area (Å²) in [5, 5.41) is 46.5. The molecule has 42 heteroatoms. The summed E-state index contributed by atoms with van der Waals surface area (Å²) in [4.78, 5) is 79.4. The van der Waals surface area contributed by atoms with Gasteiger partial charge in [-0.1, -0.05) is 126 Å². The Hall–Kier alpha value is -8.27. The summed E-state index contributed by atoms with van der Waals surface area (Å²) in [5.41, 5.74) is 7.00. The van der Waals surface area contributed by atoms with Gasteiger partial charge in [-0.3, -0.25) is 48.6 Å². The lowest BCUT2D eigenvalue weighted by Crippen LogP contribution is -2.33. The van der Waals surface area contributed by atoms with Gasteiger partial charge in [-0.15, -0.1) is 32.0 Å². The molecule has 2 aromatic carbocycles. The van der Waals surface area contributed by atoms with E-state index in [0.717, 1.165) is 73.7 Å². The monoisotopic (exact) mass is 1560 g/mol. The van der Waals surface area contributed by atoms with Crippen LogP contribution in [0.2, 0.25) is 0 Å². The van der Waals surface area contributed by atoms with Gasteiger partial charge in [0.05, 0.1) is 70.4 Å². The SMILES string of the molecule is C=CC(=O)N(C)OC.CC(=O)C(F)(F)F.CC(C)CC(N)c1nn[nH]n1.CC(C)CC(NCc1ccccc1)c1nn[nH]n1.CC(CC(C#N)NCc1ccccc1)C(F)(F)F.CC(CC=O)C(F)(F)F.CON(C)C(=O)/C=C(\C)C(F)(F)F.CON(C)C(=O)CC(C)C(F)(F)F.CON(C)C(=O)CCl. The Morgan fingerprint density at radius 3 is 1.28 bits per heavy atom. The Balaban J connectivity index is -0.000000364. The van der Waals surface area contributed by atoms with Crippen LogP contribution in [0.5, 0.6) is 0 Å². The molecule has 2 heterocycles. The number of Topliss-reactive ketones (excluding diaryl/α,β-unsaturated/α-hetero) is 1. The Bertz CT molecular complexity index is 3030. The van der Waals surface area contributed by atoms with E-state index in [-0.39, 0.29) is 42.5 Å². The van der Waals surface area contributed by atoms with Crippen molar-refractivity contribution in [2.24, 2.45) is 35.3 Å². The molecule has 0 saturated heterocycles. The first-order chi connectivity index (χ1) is 48.3. The minimum atomic E-state index is -4.64. The number of likely N-dealkylation sites (N-methyl/N-ethyl adjacent to an activating group) is 2. The predicted molar refractivity (Wildman–Crippen MR) is 355 cm³/mol. The molecule has 4 amide bonds. The molecule has 0 fully saturated rings. The second kappa shape index (κ2) is 56.1. The number of carbonyl (C=O) groups excluding carboxylic acids is 6. The van der Waals surface area contributed by atoms with Crippen molar-refractivity contribution in [3.05, 3.63) is 108 Å². The molecular formula is C63H96ClF15N16O10. The van der Waals surface area contributed by atoms with E-state index in [1.165, 1.54) is 68.3 Å². The molecule has 4 aromatic rings. The number of rotatable bonds is 25. The lowest BCUT2D eigenvalue weighted by atomic mass is 10.0. The molecule has 0 radical (unpaired) electrons.